The molecule has 2 heterocycles. The van der Waals surface area contributed by atoms with E-state index in [1.54, 1.807) is 0 Å². The van der Waals surface area contributed by atoms with E-state index in [2.05, 4.69) is 20.3 Å². The highest BCUT2D eigenvalue weighted by Crippen LogP contribution is 2.38. The van der Waals surface area contributed by atoms with E-state index in [9.17, 15) is 0 Å². The molecule has 2 aliphatic carbocycles. The molecular weight excluding hydrogens is 256 g/mol. The molecule has 4 nitrogen and oxygen atoms in total. The van der Waals surface area contributed by atoms with Crippen molar-refractivity contribution in [1.29, 1.82) is 0 Å². The molecule has 1 aromatic heterocycles. The predicted octanol–water partition coefficient (Wildman–Crippen LogP) is 2.97. The fraction of sp³-hybridized carbons (Fsp3) is 0.857. The molecule has 1 aliphatic heterocycles. The zero-order valence-electron chi connectivity index (χ0n) is 11.3. The van der Waals surface area contributed by atoms with E-state index >= 15 is 0 Å². The maximum atomic E-state index is 4.45. The fourth-order valence-corrected chi connectivity index (χ4v) is 5.07. The predicted molar refractivity (Wildman–Crippen MR) is 76.9 cm³/mol. The minimum atomic E-state index is 0.638. The zero-order chi connectivity index (χ0) is 12.7. The lowest BCUT2D eigenvalue weighted by Gasteiger charge is -2.29. The van der Waals surface area contributed by atoms with Crippen LogP contribution in [-0.4, -0.2) is 26.2 Å². The Kier molecular flexibility index (Phi) is 3.17. The molecule has 2 unspecified atom stereocenters. The zero-order valence-corrected chi connectivity index (χ0v) is 12.2. The Morgan fingerprint density at radius 2 is 1.95 bits per heavy atom. The van der Waals surface area contributed by atoms with Gasteiger partial charge < -0.3 is 5.43 Å². The molecule has 0 amide bonds. The molecule has 5 heteroatoms. The Morgan fingerprint density at radius 3 is 2.84 bits per heavy atom. The van der Waals surface area contributed by atoms with Crippen molar-refractivity contribution in [3.8, 4) is 0 Å². The lowest BCUT2D eigenvalue weighted by atomic mass is 9.87. The molecule has 1 N–H and O–H groups in total. The van der Waals surface area contributed by atoms with Crippen LogP contribution in [0.2, 0.25) is 0 Å². The Hall–Kier alpha value is -0.710. The minimum absolute atomic E-state index is 0.638. The van der Waals surface area contributed by atoms with Crippen LogP contribution in [0.15, 0.2) is 5.16 Å². The average Bonchev–Trinajstić information content (AvgIpc) is 3.05. The Morgan fingerprint density at radius 1 is 1.05 bits per heavy atom. The van der Waals surface area contributed by atoms with Crippen molar-refractivity contribution in [2.75, 3.05) is 5.43 Å². The largest absolute Gasteiger partial charge is 0.318 e. The third-order valence-corrected chi connectivity index (χ3v) is 6.24. The van der Waals surface area contributed by atoms with Crippen LogP contribution in [0.4, 0.5) is 0 Å². The molecular formula is C14H22N4S. The van der Waals surface area contributed by atoms with Gasteiger partial charge in [0.05, 0.1) is 6.04 Å². The smallest absolute Gasteiger partial charge is 0.210 e. The average molecular weight is 278 g/mol. The first-order chi connectivity index (χ1) is 9.40. The van der Waals surface area contributed by atoms with Gasteiger partial charge in [-0.25, -0.2) is 4.68 Å². The SMILES string of the molecule is C1CCC(Cc2nnc3n2NC2CCCC2S3)CC1. The van der Waals surface area contributed by atoms with Crippen molar-refractivity contribution in [1.82, 2.24) is 14.9 Å². The van der Waals surface area contributed by atoms with Crippen LogP contribution >= 0.6 is 11.8 Å². The first-order valence-corrected chi connectivity index (χ1v) is 8.65. The summed E-state index contributed by atoms with van der Waals surface area (Å²) in [5.41, 5.74) is 3.67. The van der Waals surface area contributed by atoms with E-state index in [1.807, 2.05) is 11.8 Å². The van der Waals surface area contributed by atoms with Crippen LogP contribution in [0, 0.1) is 5.92 Å². The summed E-state index contributed by atoms with van der Waals surface area (Å²) in [6, 6.07) is 0.638. The van der Waals surface area contributed by atoms with Gasteiger partial charge in [0.15, 0.2) is 5.82 Å². The van der Waals surface area contributed by atoms with Gasteiger partial charge in [0.25, 0.3) is 0 Å². The van der Waals surface area contributed by atoms with Crippen molar-refractivity contribution in [3.05, 3.63) is 5.82 Å². The Bertz CT molecular complexity index is 452. The van der Waals surface area contributed by atoms with Gasteiger partial charge in [-0.2, -0.15) is 0 Å². The molecule has 0 aromatic carbocycles. The Labute approximate surface area is 118 Å². The van der Waals surface area contributed by atoms with Crippen molar-refractivity contribution in [2.24, 2.45) is 5.92 Å². The lowest BCUT2D eigenvalue weighted by Crippen LogP contribution is -2.38. The van der Waals surface area contributed by atoms with Gasteiger partial charge in [-0.05, 0) is 18.8 Å². The third kappa shape index (κ3) is 2.26. The third-order valence-electron chi connectivity index (χ3n) is 4.90. The molecule has 3 aliphatic rings. The summed E-state index contributed by atoms with van der Waals surface area (Å²) in [5.74, 6) is 2.00. The molecule has 4 rings (SSSR count). The highest BCUT2D eigenvalue weighted by Gasteiger charge is 2.35. The topological polar surface area (TPSA) is 42.7 Å². The summed E-state index contributed by atoms with van der Waals surface area (Å²) in [5, 5.41) is 10.7. The number of hydrogen-bond acceptors (Lipinski definition) is 4. The standard InChI is InChI=1S/C14H22N4S/c1-2-5-10(6-3-1)9-13-15-16-14-18(13)17-11-7-4-8-12(11)19-14/h10-12,17H,1-9H2. The molecule has 0 bridgehead atoms. The monoisotopic (exact) mass is 278 g/mol. The van der Waals surface area contributed by atoms with Crippen LogP contribution in [0.25, 0.3) is 0 Å². The fourth-order valence-electron chi connectivity index (χ4n) is 3.80. The van der Waals surface area contributed by atoms with Crippen molar-refractivity contribution in [2.45, 2.75) is 74.2 Å². The summed E-state index contributed by atoms with van der Waals surface area (Å²) in [4.78, 5) is 0. The van der Waals surface area contributed by atoms with E-state index in [0.717, 1.165) is 22.7 Å². The summed E-state index contributed by atoms with van der Waals surface area (Å²) >= 11 is 1.94. The van der Waals surface area contributed by atoms with E-state index < -0.39 is 0 Å². The number of nitrogens with one attached hydrogen (secondary N) is 1. The second kappa shape index (κ2) is 5.00. The van der Waals surface area contributed by atoms with Crippen molar-refractivity contribution < 1.29 is 0 Å². The maximum absolute atomic E-state index is 4.45. The van der Waals surface area contributed by atoms with Crippen LogP contribution in [0.5, 0.6) is 0 Å². The van der Waals surface area contributed by atoms with Crippen molar-refractivity contribution in [3.63, 3.8) is 0 Å². The Balaban J connectivity index is 1.51. The van der Waals surface area contributed by atoms with Crippen LogP contribution in [0.3, 0.4) is 0 Å². The molecule has 0 spiro atoms. The number of thioether (sulfide) groups is 1. The van der Waals surface area contributed by atoms with Gasteiger partial charge >= 0.3 is 0 Å². The summed E-state index contributed by atoms with van der Waals surface area (Å²) in [6.07, 6.45) is 12.1. The quantitative estimate of drug-likeness (QED) is 0.903. The number of aromatic nitrogens is 3. The molecule has 19 heavy (non-hydrogen) atoms. The molecule has 1 aromatic rings. The molecule has 2 saturated carbocycles. The second-order valence-corrected chi connectivity index (χ2v) is 7.47. The number of rotatable bonds is 2. The molecule has 104 valence electrons. The van der Waals surface area contributed by atoms with E-state index in [1.165, 1.54) is 57.2 Å². The summed E-state index contributed by atoms with van der Waals surface area (Å²) < 4.78 is 2.20. The lowest BCUT2D eigenvalue weighted by molar-refractivity contribution is 0.347. The van der Waals surface area contributed by atoms with Crippen LogP contribution < -0.4 is 5.43 Å². The minimum Gasteiger partial charge on any atom is -0.318 e. The molecule has 0 radical (unpaired) electrons. The van der Waals surface area contributed by atoms with Gasteiger partial charge in [0, 0.05) is 11.7 Å². The molecule has 0 saturated heterocycles. The summed E-state index contributed by atoms with van der Waals surface area (Å²) in [7, 11) is 0. The van der Waals surface area contributed by atoms with E-state index in [4.69, 9.17) is 0 Å². The van der Waals surface area contributed by atoms with Gasteiger partial charge in [-0.1, -0.05) is 50.3 Å². The van der Waals surface area contributed by atoms with E-state index in [0.29, 0.717) is 6.04 Å². The maximum Gasteiger partial charge on any atom is 0.210 e. The molecule has 2 fully saturated rings. The van der Waals surface area contributed by atoms with E-state index in [-0.39, 0.29) is 0 Å². The summed E-state index contributed by atoms with van der Waals surface area (Å²) in [6.45, 7) is 0. The first kappa shape index (κ1) is 12.1. The number of hydrogen-bond donors (Lipinski definition) is 1. The second-order valence-electron chi connectivity index (χ2n) is 6.27. The van der Waals surface area contributed by atoms with Gasteiger partial charge in [0.1, 0.15) is 0 Å². The van der Waals surface area contributed by atoms with Gasteiger partial charge in [0.2, 0.25) is 5.16 Å². The highest BCUT2D eigenvalue weighted by atomic mass is 32.2. The van der Waals surface area contributed by atoms with Crippen LogP contribution in [-0.2, 0) is 6.42 Å². The van der Waals surface area contributed by atoms with Gasteiger partial charge in [-0.15, -0.1) is 10.2 Å². The van der Waals surface area contributed by atoms with Crippen LogP contribution in [0.1, 0.15) is 57.2 Å². The van der Waals surface area contributed by atoms with Gasteiger partial charge in [-0.3, -0.25) is 0 Å². The van der Waals surface area contributed by atoms with Crippen molar-refractivity contribution >= 4 is 11.8 Å². The normalized spacial score (nSPS) is 30.7. The first-order valence-electron chi connectivity index (χ1n) is 7.77. The number of nitrogens with zero attached hydrogens (tertiary/aromatic N) is 3. The molecule has 2 atom stereocenters. The highest BCUT2D eigenvalue weighted by molar-refractivity contribution is 7.99. The number of fused-ring (bicyclic) bond motifs is 2.